The van der Waals surface area contributed by atoms with Gasteiger partial charge in [-0.1, -0.05) is 56.2 Å². The predicted molar refractivity (Wildman–Crippen MR) is 112 cm³/mol. The molecule has 0 spiro atoms. The van der Waals surface area contributed by atoms with Gasteiger partial charge in [-0.3, -0.25) is 0 Å². The van der Waals surface area contributed by atoms with Crippen molar-refractivity contribution in [3.8, 4) is 5.75 Å². The van der Waals surface area contributed by atoms with Crippen LogP contribution < -0.4 is 4.74 Å². The summed E-state index contributed by atoms with van der Waals surface area (Å²) in [4.78, 5) is 0. The lowest BCUT2D eigenvalue weighted by atomic mass is 9.77. The average Bonchev–Trinajstić information content (AvgIpc) is 2.72. The fourth-order valence-electron chi connectivity index (χ4n) is 4.64. The van der Waals surface area contributed by atoms with Crippen molar-refractivity contribution >= 4 is 0 Å². The van der Waals surface area contributed by atoms with Crippen molar-refractivity contribution < 1.29 is 17.9 Å². The molecule has 1 aliphatic carbocycles. The molecule has 1 nitrogen and oxygen atoms in total. The summed E-state index contributed by atoms with van der Waals surface area (Å²) in [6.45, 7) is 2.24. The average molecular weight is 405 g/mol. The van der Waals surface area contributed by atoms with Crippen molar-refractivity contribution in [3.05, 3.63) is 65.2 Å². The molecule has 0 amide bonds. The second-order valence-electron chi connectivity index (χ2n) is 8.32. The zero-order chi connectivity index (χ0) is 20.9. The highest BCUT2D eigenvalue weighted by Gasteiger charge is 2.40. The van der Waals surface area contributed by atoms with Crippen LogP contribution in [0.15, 0.2) is 48.5 Å². The number of alkyl halides is 3. The molecule has 0 unspecified atom stereocenters. The van der Waals surface area contributed by atoms with Crippen molar-refractivity contribution in [2.24, 2.45) is 5.92 Å². The normalized spacial score (nSPS) is 21.0. The molecule has 0 heterocycles. The molecule has 0 aromatic heterocycles. The van der Waals surface area contributed by atoms with Gasteiger partial charge in [0.05, 0.1) is 13.0 Å². The summed E-state index contributed by atoms with van der Waals surface area (Å²) in [6, 6.07) is 14.1. The first kappa shape index (κ1) is 21.7. The minimum atomic E-state index is -4.30. The zero-order valence-electron chi connectivity index (χ0n) is 17.3. The Morgan fingerprint density at radius 2 is 1.69 bits per heavy atom. The van der Waals surface area contributed by atoms with Crippen LogP contribution in [0.25, 0.3) is 0 Å². The van der Waals surface area contributed by atoms with Crippen LogP contribution in [0.3, 0.4) is 0 Å². The minimum Gasteiger partial charge on any atom is -0.497 e. The van der Waals surface area contributed by atoms with E-state index >= 15 is 0 Å². The summed E-state index contributed by atoms with van der Waals surface area (Å²) in [5.74, 6) is 0.318. The first-order valence-electron chi connectivity index (χ1n) is 10.7. The Hall–Kier alpha value is -1.97. The Morgan fingerprint density at radius 1 is 1.00 bits per heavy atom. The standard InChI is InChI=1S/C25H31F3O/c1-3-5-18-8-12-20(13-9-18)21-14-10-19(11-15-21)16-24(25(26,27)28)22-6-4-7-23(17-22)29-2/h4,6-7,10-11,14-15,17-18,20,24H,3,5,8-9,12-13,16H2,1-2H3/t18?,20?,24-/m0/s1. The quantitative estimate of drug-likeness (QED) is 0.460. The lowest BCUT2D eigenvalue weighted by Gasteiger charge is -2.29. The van der Waals surface area contributed by atoms with Gasteiger partial charge in [0.1, 0.15) is 5.75 Å². The van der Waals surface area contributed by atoms with E-state index < -0.39 is 12.1 Å². The monoisotopic (exact) mass is 404 g/mol. The highest BCUT2D eigenvalue weighted by molar-refractivity contribution is 5.34. The Balaban J connectivity index is 1.69. The number of halogens is 3. The SMILES string of the molecule is CCCC1CCC(c2ccc(C[C@@H](c3cccc(OC)c3)C(F)(F)F)cc2)CC1. The van der Waals surface area contributed by atoms with E-state index in [0.717, 1.165) is 11.5 Å². The van der Waals surface area contributed by atoms with Gasteiger partial charge >= 0.3 is 6.18 Å². The first-order valence-corrected chi connectivity index (χ1v) is 10.7. The van der Waals surface area contributed by atoms with E-state index in [4.69, 9.17) is 4.74 Å². The highest BCUT2D eigenvalue weighted by atomic mass is 19.4. The van der Waals surface area contributed by atoms with Crippen LogP contribution in [0, 0.1) is 5.92 Å². The third-order valence-corrected chi connectivity index (χ3v) is 6.33. The van der Waals surface area contributed by atoms with E-state index in [1.807, 2.05) is 24.3 Å². The zero-order valence-corrected chi connectivity index (χ0v) is 17.3. The van der Waals surface area contributed by atoms with Gasteiger partial charge in [0, 0.05) is 0 Å². The van der Waals surface area contributed by atoms with Crippen molar-refractivity contribution in [1.82, 2.24) is 0 Å². The molecule has 2 aromatic carbocycles. The van der Waals surface area contributed by atoms with Gasteiger partial charge in [-0.15, -0.1) is 0 Å². The van der Waals surface area contributed by atoms with E-state index in [-0.39, 0.29) is 12.0 Å². The van der Waals surface area contributed by atoms with Crippen LogP contribution in [0.5, 0.6) is 5.75 Å². The van der Waals surface area contributed by atoms with E-state index in [2.05, 4.69) is 6.92 Å². The third kappa shape index (κ3) is 5.77. The van der Waals surface area contributed by atoms with Gasteiger partial charge < -0.3 is 4.74 Å². The van der Waals surface area contributed by atoms with Crippen LogP contribution in [0.1, 0.15) is 74.0 Å². The maximum absolute atomic E-state index is 13.8. The third-order valence-electron chi connectivity index (χ3n) is 6.33. The van der Waals surface area contributed by atoms with E-state index in [1.165, 1.54) is 63.3 Å². The largest absolute Gasteiger partial charge is 0.497 e. The molecule has 158 valence electrons. The number of rotatable bonds is 7. The Kier molecular flexibility index (Phi) is 7.26. The minimum absolute atomic E-state index is 0.0554. The lowest BCUT2D eigenvalue weighted by molar-refractivity contribution is -0.150. The Labute approximate surface area is 172 Å². The summed E-state index contributed by atoms with van der Waals surface area (Å²) in [7, 11) is 1.47. The van der Waals surface area contributed by atoms with Crippen molar-refractivity contribution in [2.75, 3.05) is 7.11 Å². The van der Waals surface area contributed by atoms with E-state index in [9.17, 15) is 13.2 Å². The molecule has 3 rings (SSSR count). The van der Waals surface area contributed by atoms with Crippen LogP contribution >= 0.6 is 0 Å². The second kappa shape index (κ2) is 9.69. The summed E-state index contributed by atoms with van der Waals surface area (Å²) in [5, 5.41) is 0. The molecule has 0 radical (unpaired) electrons. The molecule has 1 aliphatic rings. The number of ether oxygens (including phenoxy) is 1. The fourth-order valence-corrected chi connectivity index (χ4v) is 4.64. The first-order chi connectivity index (χ1) is 13.9. The molecule has 1 fully saturated rings. The van der Waals surface area contributed by atoms with Crippen LogP contribution in [-0.2, 0) is 6.42 Å². The van der Waals surface area contributed by atoms with Crippen molar-refractivity contribution in [1.29, 1.82) is 0 Å². The van der Waals surface area contributed by atoms with Gasteiger partial charge in [0.15, 0.2) is 0 Å². The number of hydrogen-bond donors (Lipinski definition) is 0. The molecule has 0 N–H and O–H groups in total. The molecule has 1 saturated carbocycles. The van der Waals surface area contributed by atoms with Crippen LogP contribution in [-0.4, -0.2) is 13.3 Å². The van der Waals surface area contributed by atoms with Crippen molar-refractivity contribution in [3.63, 3.8) is 0 Å². The molecule has 1 atom stereocenters. The van der Waals surface area contributed by atoms with Gasteiger partial charge in [-0.25, -0.2) is 0 Å². The van der Waals surface area contributed by atoms with Gasteiger partial charge in [-0.2, -0.15) is 13.2 Å². The maximum atomic E-state index is 13.8. The molecule has 0 aliphatic heterocycles. The van der Waals surface area contributed by atoms with Gasteiger partial charge in [-0.05, 0) is 72.8 Å². The summed E-state index contributed by atoms with van der Waals surface area (Å²) >= 11 is 0. The summed E-state index contributed by atoms with van der Waals surface area (Å²) < 4.78 is 46.4. The molecule has 0 bridgehead atoms. The Morgan fingerprint density at radius 3 is 2.28 bits per heavy atom. The lowest BCUT2D eigenvalue weighted by Crippen LogP contribution is -2.23. The number of hydrogen-bond acceptors (Lipinski definition) is 1. The van der Waals surface area contributed by atoms with Gasteiger partial charge in [0.2, 0.25) is 0 Å². The molecule has 29 heavy (non-hydrogen) atoms. The van der Waals surface area contributed by atoms with Crippen LogP contribution in [0.2, 0.25) is 0 Å². The number of benzene rings is 2. The van der Waals surface area contributed by atoms with E-state index in [0.29, 0.717) is 11.7 Å². The van der Waals surface area contributed by atoms with Gasteiger partial charge in [0.25, 0.3) is 0 Å². The van der Waals surface area contributed by atoms with Crippen LogP contribution in [0.4, 0.5) is 13.2 Å². The second-order valence-corrected chi connectivity index (χ2v) is 8.32. The topological polar surface area (TPSA) is 9.23 Å². The summed E-state index contributed by atoms with van der Waals surface area (Å²) in [5.41, 5.74) is 2.24. The highest BCUT2D eigenvalue weighted by Crippen LogP contribution is 2.40. The number of methoxy groups -OCH3 is 1. The van der Waals surface area contributed by atoms with Crippen molar-refractivity contribution in [2.45, 2.75) is 69.9 Å². The Bertz CT molecular complexity index is 758. The molecular formula is C25H31F3O. The molecule has 2 aromatic rings. The fraction of sp³-hybridized carbons (Fsp3) is 0.520. The molecule has 4 heteroatoms. The smallest absolute Gasteiger partial charge is 0.396 e. The molecule has 0 saturated heterocycles. The molecular weight excluding hydrogens is 373 g/mol. The predicted octanol–water partition coefficient (Wildman–Crippen LogP) is 7.66. The van der Waals surface area contributed by atoms with E-state index in [1.54, 1.807) is 12.1 Å². The summed E-state index contributed by atoms with van der Waals surface area (Å²) in [6.07, 6.45) is 3.13. The maximum Gasteiger partial charge on any atom is 0.396 e.